The summed E-state index contributed by atoms with van der Waals surface area (Å²) >= 11 is 3.51. The number of thioether (sulfide) groups is 1. The minimum absolute atomic E-state index is 0.893. The van der Waals surface area contributed by atoms with Crippen LogP contribution >= 0.6 is 23.5 Å². The lowest BCUT2D eigenvalue weighted by Gasteiger charge is -2.21. The molecule has 0 aromatic heterocycles. The minimum Gasteiger partial charge on any atom is -0.455 e. The number of para-hydroxylation sites is 1. The Kier molecular flexibility index (Phi) is 8.01. The first-order chi connectivity index (χ1) is 24.7. The summed E-state index contributed by atoms with van der Waals surface area (Å²) in [4.78, 5) is 3.48. The Morgan fingerprint density at radius 1 is 0.520 bits per heavy atom. The van der Waals surface area contributed by atoms with Gasteiger partial charge in [-0.2, -0.15) is 0 Å². The number of benzene rings is 8. The van der Waals surface area contributed by atoms with Gasteiger partial charge in [-0.25, -0.2) is 0 Å². The number of rotatable bonds is 6. The Morgan fingerprint density at radius 3 is 1.90 bits per heavy atom. The van der Waals surface area contributed by atoms with E-state index in [1.54, 1.807) is 23.5 Å². The van der Waals surface area contributed by atoms with Crippen molar-refractivity contribution in [2.45, 2.75) is 16.7 Å². The smallest absolute Gasteiger partial charge is 0.142 e. The molecule has 1 nitrogen and oxygen atoms in total. The van der Waals surface area contributed by atoms with Gasteiger partial charge < -0.3 is 4.74 Å². The van der Waals surface area contributed by atoms with Crippen molar-refractivity contribution >= 4 is 66.8 Å². The zero-order chi connectivity index (χ0) is 33.4. The molecule has 0 atom stereocenters. The monoisotopic (exact) mass is 676 g/mol. The standard InChI is InChI=1S/C47H32OS2/c1-2-45(49-27-26-31-12-4-3-5-13-31)34-21-23-35(41(29-34)33-22-25-47-44(30-33)48-43-18-10-11-19-46(43)50-47)32-20-24-40-38-16-7-6-14-36(38)37-15-8-9-17-39(37)42(40)28-32/h2-30H,1H3/b27-26+,45-2-. The molecule has 1 aliphatic heterocycles. The van der Waals surface area contributed by atoms with Crippen molar-refractivity contribution in [2.75, 3.05) is 0 Å². The third kappa shape index (κ3) is 5.59. The largest absolute Gasteiger partial charge is 0.455 e. The van der Waals surface area contributed by atoms with Crippen LogP contribution in [0, 0.1) is 0 Å². The van der Waals surface area contributed by atoms with Crippen molar-refractivity contribution < 1.29 is 4.74 Å². The molecule has 0 bridgehead atoms. The molecule has 0 saturated heterocycles. The molecule has 1 aliphatic rings. The molecule has 0 radical (unpaired) electrons. The van der Waals surface area contributed by atoms with Crippen LogP contribution in [0.5, 0.6) is 11.5 Å². The quantitative estimate of drug-likeness (QED) is 0.162. The lowest BCUT2D eigenvalue weighted by Crippen LogP contribution is -1.96. The molecule has 238 valence electrons. The normalized spacial score (nSPS) is 12.7. The lowest BCUT2D eigenvalue weighted by molar-refractivity contribution is 0.455. The Morgan fingerprint density at radius 2 is 1.14 bits per heavy atom. The highest BCUT2D eigenvalue weighted by Crippen LogP contribution is 2.49. The number of hydrogen-bond acceptors (Lipinski definition) is 3. The second kappa shape index (κ2) is 13.1. The van der Waals surface area contributed by atoms with Crippen LogP contribution in [0.1, 0.15) is 18.1 Å². The van der Waals surface area contributed by atoms with Crippen molar-refractivity contribution in [1.29, 1.82) is 0 Å². The summed E-state index contributed by atoms with van der Waals surface area (Å²) in [5, 5.41) is 9.86. The van der Waals surface area contributed by atoms with E-state index in [9.17, 15) is 0 Å². The molecular formula is C47H32OS2. The number of allylic oxidation sites excluding steroid dienone is 1. The Bertz CT molecular complexity index is 2600. The van der Waals surface area contributed by atoms with E-state index in [1.165, 1.54) is 65.0 Å². The van der Waals surface area contributed by atoms with Crippen molar-refractivity contribution in [2.24, 2.45) is 0 Å². The van der Waals surface area contributed by atoms with Gasteiger partial charge >= 0.3 is 0 Å². The fourth-order valence-electron chi connectivity index (χ4n) is 7.01. The van der Waals surface area contributed by atoms with E-state index >= 15 is 0 Å². The summed E-state index contributed by atoms with van der Waals surface area (Å²) in [6, 6.07) is 56.8. The van der Waals surface area contributed by atoms with E-state index in [1.807, 2.05) is 18.2 Å². The van der Waals surface area contributed by atoms with Crippen molar-refractivity contribution in [3.05, 3.63) is 180 Å². The summed E-state index contributed by atoms with van der Waals surface area (Å²) in [5.74, 6) is 1.80. The zero-order valence-electron chi connectivity index (χ0n) is 27.5. The van der Waals surface area contributed by atoms with Gasteiger partial charge in [-0.1, -0.05) is 151 Å². The third-order valence-electron chi connectivity index (χ3n) is 9.42. The van der Waals surface area contributed by atoms with Gasteiger partial charge in [0.2, 0.25) is 0 Å². The first kappa shape index (κ1) is 30.6. The molecule has 0 N–H and O–H groups in total. The van der Waals surface area contributed by atoms with E-state index in [-0.39, 0.29) is 0 Å². The summed E-state index contributed by atoms with van der Waals surface area (Å²) in [5.41, 5.74) is 7.06. The van der Waals surface area contributed by atoms with E-state index in [2.05, 4.69) is 164 Å². The van der Waals surface area contributed by atoms with Crippen LogP contribution in [0.3, 0.4) is 0 Å². The maximum absolute atomic E-state index is 6.48. The molecule has 50 heavy (non-hydrogen) atoms. The van der Waals surface area contributed by atoms with Crippen LogP contribution < -0.4 is 4.74 Å². The first-order valence-corrected chi connectivity index (χ1v) is 18.5. The van der Waals surface area contributed by atoms with Crippen LogP contribution in [-0.2, 0) is 0 Å². The Balaban J connectivity index is 1.19. The maximum atomic E-state index is 6.48. The summed E-state index contributed by atoms with van der Waals surface area (Å²) in [7, 11) is 0. The van der Waals surface area contributed by atoms with E-state index in [0.29, 0.717) is 0 Å². The number of hydrogen-bond donors (Lipinski definition) is 0. The third-order valence-corrected chi connectivity index (χ3v) is 11.5. The molecule has 8 aromatic carbocycles. The summed E-state index contributed by atoms with van der Waals surface area (Å²) in [6.45, 7) is 2.12. The van der Waals surface area contributed by atoms with Gasteiger partial charge in [0, 0.05) is 4.91 Å². The van der Waals surface area contributed by atoms with Gasteiger partial charge in [-0.15, -0.1) is 0 Å². The predicted molar refractivity (Wildman–Crippen MR) is 217 cm³/mol. The van der Waals surface area contributed by atoms with Crippen LogP contribution in [0.15, 0.2) is 179 Å². The topological polar surface area (TPSA) is 9.23 Å². The van der Waals surface area contributed by atoms with Gasteiger partial charge in [0.25, 0.3) is 0 Å². The fourth-order valence-corrected chi connectivity index (χ4v) is 8.71. The molecule has 0 amide bonds. The highest BCUT2D eigenvalue weighted by Gasteiger charge is 2.20. The van der Waals surface area contributed by atoms with E-state index < -0.39 is 0 Å². The molecule has 0 saturated carbocycles. The van der Waals surface area contributed by atoms with Crippen molar-refractivity contribution in [1.82, 2.24) is 0 Å². The van der Waals surface area contributed by atoms with E-state index in [0.717, 1.165) is 26.9 Å². The molecule has 0 fully saturated rings. The van der Waals surface area contributed by atoms with Crippen molar-refractivity contribution in [3.63, 3.8) is 0 Å². The molecule has 1 heterocycles. The maximum Gasteiger partial charge on any atom is 0.142 e. The Labute approximate surface area is 301 Å². The van der Waals surface area contributed by atoms with Crippen LogP contribution in [0.2, 0.25) is 0 Å². The molecule has 8 aromatic rings. The predicted octanol–water partition coefficient (Wildman–Crippen LogP) is 14.5. The minimum atomic E-state index is 0.893. The fraction of sp³-hybridized carbons (Fsp3) is 0.0213. The Hall–Kier alpha value is -5.48. The molecule has 9 rings (SSSR count). The first-order valence-electron chi connectivity index (χ1n) is 16.9. The highest BCUT2D eigenvalue weighted by atomic mass is 32.2. The SMILES string of the molecule is C/C=C(\S/C=C/c1ccccc1)c1ccc(-c2ccc3c4ccccc4c4ccccc4c3c2)c(-c2ccc3c(c2)Oc2ccccc2S3)c1. The van der Waals surface area contributed by atoms with Gasteiger partial charge in [-0.05, 0) is 121 Å². The molecule has 3 heteroatoms. The molecule has 0 unspecified atom stereocenters. The van der Waals surface area contributed by atoms with Gasteiger partial charge in [0.15, 0.2) is 0 Å². The van der Waals surface area contributed by atoms with Gasteiger partial charge in [0.05, 0.1) is 9.79 Å². The molecule has 0 aliphatic carbocycles. The molecular weight excluding hydrogens is 645 g/mol. The van der Waals surface area contributed by atoms with Gasteiger partial charge in [0.1, 0.15) is 11.5 Å². The van der Waals surface area contributed by atoms with Gasteiger partial charge in [-0.3, -0.25) is 0 Å². The summed E-state index contributed by atoms with van der Waals surface area (Å²) < 4.78 is 6.48. The van der Waals surface area contributed by atoms with Crippen LogP contribution in [0.25, 0.3) is 65.6 Å². The summed E-state index contributed by atoms with van der Waals surface area (Å²) in [6.07, 6.45) is 4.37. The molecule has 0 spiro atoms. The van der Waals surface area contributed by atoms with Crippen molar-refractivity contribution in [3.8, 4) is 33.8 Å². The van der Waals surface area contributed by atoms with Crippen LogP contribution in [-0.4, -0.2) is 0 Å². The number of ether oxygens (including phenoxy) is 1. The van der Waals surface area contributed by atoms with Crippen LogP contribution in [0.4, 0.5) is 0 Å². The number of fused-ring (bicyclic) bond motifs is 8. The highest BCUT2D eigenvalue weighted by molar-refractivity contribution is 8.11. The second-order valence-electron chi connectivity index (χ2n) is 12.4. The lowest BCUT2D eigenvalue weighted by atomic mass is 9.89. The average molecular weight is 677 g/mol. The zero-order valence-corrected chi connectivity index (χ0v) is 29.1. The van der Waals surface area contributed by atoms with E-state index in [4.69, 9.17) is 4.74 Å². The average Bonchev–Trinajstić information content (AvgIpc) is 3.18. The second-order valence-corrected chi connectivity index (χ2v) is 14.4.